The topological polar surface area (TPSA) is 50.2 Å². The van der Waals surface area contributed by atoms with Crippen LogP contribution in [0.2, 0.25) is 0 Å². The third kappa shape index (κ3) is 5.00. The van der Waals surface area contributed by atoms with Crippen LogP contribution in [0.1, 0.15) is 26.5 Å². The van der Waals surface area contributed by atoms with Crippen molar-refractivity contribution in [2.24, 2.45) is 0 Å². The molecule has 0 fully saturated rings. The van der Waals surface area contributed by atoms with Crippen molar-refractivity contribution < 1.29 is 9.18 Å². The van der Waals surface area contributed by atoms with Crippen molar-refractivity contribution >= 4 is 33.1 Å². The summed E-state index contributed by atoms with van der Waals surface area (Å²) in [5.74, 6) is -0.388. The second kappa shape index (κ2) is 8.99. The van der Waals surface area contributed by atoms with E-state index >= 15 is 0 Å². The second-order valence-corrected chi connectivity index (χ2v) is 8.93. The molecule has 160 valence electrons. The van der Waals surface area contributed by atoms with Gasteiger partial charge in [0.25, 0.3) is 5.91 Å². The highest BCUT2D eigenvalue weighted by molar-refractivity contribution is 7.20. The van der Waals surface area contributed by atoms with E-state index in [1.165, 1.54) is 29.0 Å². The lowest BCUT2D eigenvalue weighted by atomic mass is 10.1. The smallest absolute Gasteiger partial charge is 0.265 e. The lowest BCUT2D eigenvalue weighted by molar-refractivity contribution is 0.103. The van der Waals surface area contributed by atoms with Crippen molar-refractivity contribution in [2.45, 2.75) is 19.9 Å². The fraction of sp³-hybridized carbons (Fsp3) is 0.250. The van der Waals surface area contributed by atoms with Gasteiger partial charge in [-0.1, -0.05) is 24.3 Å². The lowest BCUT2D eigenvalue weighted by Crippen LogP contribution is -2.15. The van der Waals surface area contributed by atoms with E-state index in [1.54, 1.807) is 12.1 Å². The van der Waals surface area contributed by atoms with Crippen LogP contribution in [0.25, 0.3) is 10.2 Å². The zero-order valence-electron chi connectivity index (χ0n) is 17.9. The normalized spacial score (nSPS) is 11.4. The summed E-state index contributed by atoms with van der Waals surface area (Å²) in [6, 6.07) is 16.3. The molecule has 5 nitrogen and oxygen atoms in total. The van der Waals surface area contributed by atoms with Gasteiger partial charge in [0.1, 0.15) is 10.6 Å². The van der Waals surface area contributed by atoms with Gasteiger partial charge in [-0.25, -0.2) is 4.39 Å². The summed E-state index contributed by atoms with van der Waals surface area (Å²) in [7, 11) is 4.11. The Bertz CT molecular complexity index is 1190. The summed E-state index contributed by atoms with van der Waals surface area (Å²) < 4.78 is 15.1. The number of amides is 1. The number of aryl methyl sites for hydroxylation is 1. The largest absolute Gasteiger partial charge is 0.321 e. The first kappa shape index (κ1) is 21.2. The first-order chi connectivity index (χ1) is 14.9. The van der Waals surface area contributed by atoms with E-state index in [-0.39, 0.29) is 11.7 Å². The Kier molecular flexibility index (Phi) is 6.15. The number of aromatic nitrogens is 2. The van der Waals surface area contributed by atoms with Crippen molar-refractivity contribution in [1.29, 1.82) is 0 Å². The molecular weight excluding hydrogens is 411 g/mol. The number of likely N-dealkylation sites (N-methyl/N-ethyl adjacent to an activating group) is 1. The number of carbonyl (C=O) groups excluding carboxylic acids is 1. The van der Waals surface area contributed by atoms with E-state index in [4.69, 9.17) is 0 Å². The van der Waals surface area contributed by atoms with Crippen molar-refractivity contribution in [3.05, 3.63) is 82.1 Å². The highest BCUT2D eigenvalue weighted by Crippen LogP contribution is 2.29. The number of hydrogen-bond acceptors (Lipinski definition) is 4. The molecule has 0 spiro atoms. The molecule has 2 aromatic carbocycles. The Labute approximate surface area is 185 Å². The molecule has 0 bridgehead atoms. The van der Waals surface area contributed by atoms with Crippen molar-refractivity contribution in [3.8, 4) is 0 Å². The van der Waals surface area contributed by atoms with Gasteiger partial charge >= 0.3 is 0 Å². The van der Waals surface area contributed by atoms with Crippen LogP contribution in [-0.2, 0) is 13.0 Å². The Morgan fingerprint density at radius 1 is 1.10 bits per heavy atom. The first-order valence-electron chi connectivity index (χ1n) is 10.2. The molecule has 0 saturated heterocycles. The van der Waals surface area contributed by atoms with Gasteiger partial charge in [0.2, 0.25) is 0 Å². The van der Waals surface area contributed by atoms with Crippen molar-refractivity contribution in [1.82, 2.24) is 14.7 Å². The van der Waals surface area contributed by atoms with Crippen LogP contribution in [-0.4, -0.2) is 41.2 Å². The first-order valence-corrected chi connectivity index (χ1v) is 11.0. The molecule has 2 heterocycles. The van der Waals surface area contributed by atoms with E-state index in [2.05, 4.69) is 41.5 Å². The minimum Gasteiger partial charge on any atom is -0.321 e. The summed E-state index contributed by atoms with van der Waals surface area (Å²) in [5, 5.41) is 8.54. The molecule has 0 saturated carbocycles. The van der Waals surface area contributed by atoms with E-state index < -0.39 is 0 Å². The number of carbonyl (C=O) groups is 1. The number of rotatable bonds is 7. The van der Waals surface area contributed by atoms with E-state index in [9.17, 15) is 9.18 Å². The predicted molar refractivity (Wildman–Crippen MR) is 125 cm³/mol. The van der Waals surface area contributed by atoms with Crippen LogP contribution in [0, 0.1) is 12.7 Å². The van der Waals surface area contributed by atoms with Crippen LogP contribution in [0.15, 0.2) is 54.6 Å². The standard InChI is InChI=1S/C24H25FN4OS/c1-16-21-14-22(23(30)26-20-10-6-17(7-11-20)12-13-28(2)3)31-24(21)29(27-16)15-18-4-8-19(25)9-5-18/h4-11,14H,12-13,15H2,1-3H3,(H,26,30). The Morgan fingerprint density at radius 2 is 1.77 bits per heavy atom. The number of nitrogens with one attached hydrogen (secondary N) is 1. The number of nitrogens with zero attached hydrogens (tertiary/aromatic N) is 3. The fourth-order valence-corrected chi connectivity index (χ4v) is 4.45. The second-order valence-electron chi connectivity index (χ2n) is 7.90. The molecule has 31 heavy (non-hydrogen) atoms. The lowest BCUT2D eigenvalue weighted by Gasteiger charge is -2.10. The number of fused-ring (bicyclic) bond motifs is 1. The summed E-state index contributed by atoms with van der Waals surface area (Å²) in [6.45, 7) is 3.45. The summed E-state index contributed by atoms with van der Waals surface area (Å²) in [5.41, 5.74) is 3.85. The van der Waals surface area contributed by atoms with Crippen LogP contribution < -0.4 is 5.32 Å². The summed E-state index contributed by atoms with van der Waals surface area (Å²) >= 11 is 1.42. The van der Waals surface area contributed by atoms with E-state index in [0.29, 0.717) is 11.4 Å². The van der Waals surface area contributed by atoms with E-state index in [1.807, 2.05) is 29.8 Å². The molecule has 0 aliphatic heterocycles. The zero-order chi connectivity index (χ0) is 22.0. The molecule has 0 radical (unpaired) electrons. The maximum absolute atomic E-state index is 13.2. The summed E-state index contributed by atoms with van der Waals surface area (Å²) in [4.78, 5) is 16.5. The van der Waals surface area contributed by atoms with Gasteiger partial charge in [0.05, 0.1) is 17.1 Å². The SMILES string of the molecule is Cc1nn(Cc2ccc(F)cc2)c2sc(C(=O)Nc3ccc(CCN(C)C)cc3)cc12. The number of anilines is 1. The Hall–Kier alpha value is -3.03. The monoisotopic (exact) mass is 436 g/mol. The van der Waals surface area contributed by atoms with Crippen LogP contribution in [0.5, 0.6) is 0 Å². The van der Waals surface area contributed by atoms with Crippen molar-refractivity contribution in [3.63, 3.8) is 0 Å². The van der Waals surface area contributed by atoms with Gasteiger partial charge in [-0.15, -0.1) is 11.3 Å². The molecular formula is C24H25FN4OS. The molecule has 1 amide bonds. The van der Waals surface area contributed by atoms with Gasteiger partial charge in [-0.05, 0) is 68.9 Å². The number of thiophene rings is 1. The fourth-order valence-electron chi connectivity index (χ4n) is 3.39. The molecule has 0 aliphatic rings. The van der Waals surface area contributed by atoms with Gasteiger partial charge in [-0.3, -0.25) is 9.48 Å². The third-order valence-corrected chi connectivity index (χ3v) is 6.28. The maximum Gasteiger partial charge on any atom is 0.265 e. The van der Waals surface area contributed by atoms with Crippen molar-refractivity contribution in [2.75, 3.05) is 26.0 Å². The highest BCUT2D eigenvalue weighted by atomic mass is 32.1. The Morgan fingerprint density at radius 3 is 2.45 bits per heavy atom. The molecule has 2 aromatic heterocycles. The molecule has 4 rings (SSSR count). The molecule has 0 atom stereocenters. The minimum absolute atomic E-state index is 0.130. The molecule has 1 N–H and O–H groups in total. The average Bonchev–Trinajstić information content (AvgIpc) is 3.30. The van der Waals surface area contributed by atoms with Crippen LogP contribution >= 0.6 is 11.3 Å². The molecule has 0 unspecified atom stereocenters. The molecule has 7 heteroatoms. The van der Waals surface area contributed by atoms with Gasteiger partial charge < -0.3 is 10.2 Å². The quantitative estimate of drug-likeness (QED) is 0.446. The Balaban J connectivity index is 1.49. The van der Waals surface area contributed by atoms with Gasteiger partial charge in [0, 0.05) is 17.6 Å². The highest BCUT2D eigenvalue weighted by Gasteiger charge is 2.17. The third-order valence-electron chi connectivity index (χ3n) is 5.14. The van der Waals surface area contributed by atoms with E-state index in [0.717, 1.165) is 40.1 Å². The maximum atomic E-state index is 13.2. The van der Waals surface area contributed by atoms with Gasteiger partial charge in [-0.2, -0.15) is 5.10 Å². The van der Waals surface area contributed by atoms with Crippen LogP contribution in [0.4, 0.5) is 10.1 Å². The van der Waals surface area contributed by atoms with Crippen LogP contribution in [0.3, 0.4) is 0 Å². The molecule has 4 aromatic rings. The number of hydrogen-bond donors (Lipinski definition) is 1. The number of halogens is 1. The molecule has 0 aliphatic carbocycles. The zero-order valence-corrected chi connectivity index (χ0v) is 18.7. The number of benzene rings is 2. The minimum atomic E-state index is -0.258. The van der Waals surface area contributed by atoms with Gasteiger partial charge in [0.15, 0.2) is 0 Å². The average molecular weight is 437 g/mol. The predicted octanol–water partition coefficient (Wildman–Crippen LogP) is 4.95. The summed E-state index contributed by atoms with van der Waals surface area (Å²) in [6.07, 6.45) is 0.974.